The Balaban J connectivity index is 0.00000200. The average Bonchev–Trinajstić information content (AvgIpc) is 2.37. The summed E-state index contributed by atoms with van der Waals surface area (Å²) in [6.45, 7) is 4.07. The molecule has 1 aliphatic heterocycles. The molecule has 0 spiro atoms. The first-order chi connectivity index (χ1) is 8.88. The Labute approximate surface area is 125 Å². The zero-order valence-electron chi connectivity index (χ0n) is 11.5. The molecule has 1 N–H and O–H groups in total. The second-order valence-corrected chi connectivity index (χ2v) is 6.92. The quantitative estimate of drug-likeness (QED) is 0.881. The summed E-state index contributed by atoms with van der Waals surface area (Å²) in [5.41, 5.74) is 0.428. The maximum atomic E-state index is 12.3. The molecule has 1 saturated heterocycles. The van der Waals surface area contributed by atoms with Crippen LogP contribution in [0.4, 0.5) is 0 Å². The van der Waals surface area contributed by atoms with Crippen LogP contribution in [0.1, 0.15) is 17.3 Å². The number of halogens is 1. The predicted octanol–water partition coefficient (Wildman–Crippen LogP) is 0.946. The van der Waals surface area contributed by atoms with Gasteiger partial charge in [0.1, 0.15) is 0 Å². The highest BCUT2D eigenvalue weighted by molar-refractivity contribution is 7.90. The molecule has 112 valence electrons. The van der Waals surface area contributed by atoms with E-state index in [4.69, 9.17) is 0 Å². The first-order valence-electron chi connectivity index (χ1n) is 6.21. The summed E-state index contributed by atoms with van der Waals surface area (Å²) in [7, 11) is -3.28. The van der Waals surface area contributed by atoms with Gasteiger partial charge in [-0.05, 0) is 25.1 Å². The summed E-state index contributed by atoms with van der Waals surface area (Å²) < 4.78 is 23.0. The fourth-order valence-corrected chi connectivity index (χ4v) is 2.83. The Morgan fingerprint density at radius 3 is 2.70 bits per heavy atom. The van der Waals surface area contributed by atoms with Gasteiger partial charge >= 0.3 is 0 Å². The highest BCUT2D eigenvalue weighted by atomic mass is 35.5. The van der Waals surface area contributed by atoms with E-state index in [1.165, 1.54) is 12.1 Å². The van der Waals surface area contributed by atoms with Crippen molar-refractivity contribution in [1.82, 2.24) is 10.2 Å². The third-order valence-electron chi connectivity index (χ3n) is 3.17. The van der Waals surface area contributed by atoms with E-state index in [1.807, 2.05) is 6.92 Å². The maximum Gasteiger partial charge on any atom is 0.253 e. The standard InChI is InChI=1S/C13H18N2O3S.ClH/c1-10-9-15(7-6-14-10)13(16)11-4-3-5-12(8-11)19(2,17)18;/h3-5,8,10,14H,6-7,9H2,1-2H3;1H/t10-;/m1./s1. The third kappa shape index (κ3) is 3.94. The Bertz CT molecular complexity index is 589. The number of nitrogens with one attached hydrogen (secondary N) is 1. The Hall–Kier alpha value is -1.11. The van der Waals surface area contributed by atoms with Crippen molar-refractivity contribution in [3.63, 3.8) is 0 Å². The monoisotopic (exact) mass is 318 g/mol. The predicted molar refractivity (Wildman–Crippen MR) is 80.2 cm³/mol. The molecule has 0 aromatic heterocycles. The van der Waals surface area contributed by atoms with Gasteiger partial charge in [0.2, 0.25) is 0 Å². The van der Waals surface area contributed by atoms with Gasteiger partial charge in [-0.15, -0.1) is 12.4 Å². The van der Waals surface area contributed by atoms with Gasteiger partial charge in [0.05, 0.1) is 4.90 Å². The van der Waals surface area contributed by atoms with Gasteiger partial charge in [0, 0.05) is 37.5 Å². The first-order valence-corrected chi connectivity index (χ1v) is 8.10. The average molecular weight is 319 g/mol. The molecule has 0 bridgehead atoms. The highest BCUT2D eigenvalue weighted by Gasteiger charge is 2.22. The van der Waals surface area contributed by atoms with Gasteiger partial charge in [-0.2, -0.15) is 0 Å². The lowest BCUT2D eigenvalue weighted by Gasteiger charge is -2.32. The largest absolute Gasteiger partial charge is 0.336 e. The molecule has 1 aromatic rings. The topological polar surface area (TPSA) is 66.5 Å². The third-order valence-corrected chi connectivity index (χ3v) is 4.28. The maximum absolute atomic E-state index is 12.3. The molecule has 20 heavy (non-hydrogen) atoms. The van der Waals surface area contributed by atoms with E-state index < -0.39 is 9.84 Å². The van der Waals surface area contributed by atoms with Gasteiger partial charge < -0.3 is 10.2 Å². The van der Waals surface area contributed by atoms with Crippen molar-refractivity contribution in [2.45, 2.75) is 17.9 Å². The lowest BCUT2D eigenvalue weighted by atomic mass is 10.1. The Morgan fingerprint density at radius 1 is 1.40 bits per heavy atom. The first kappa shape index (κ1) is 16.9. The highest BCUT2D eigenvalue weighted by Crippen LogP contribution is 2.14. The molecule has 5 nitrogen and oxygen atoms in total. The van der Waals surface area contributed by atoms with Gasteiger partial charge in [0.15, 0.2) is 9.84 Å². The van der Waals surface area contributed by atoms with Crippen LogP contribution in [0.3, 0.4) is 0 Å². The summed E-state index contributed by atoms with van der Waals surface area (Å²) in [6.07, 6.45) is 1.14. The van der Waals surface area contributed by atoms with E-state index in [1.54, 1.807) is 17.0 Å². The van der Waals surface area contributed by atoms with Crippen LogP contribution in [-0.2, 0) is 9.84 Å². The minimum atomic E-state index is -3.28. The number of rotatable bonds is 2. The molecule has 1 amide bonds. The molecule has 0 saturated carbocycles. The smallest absolute Gasteiger partial charge is 0.253 e. The molecule has 1 fully saturated rings. The summed E-state index contributed by atoms with van der Waals surface area (Å²) in [5.74, 6) is -0.112. The Morgan fingerprint density at radius 2 is 2.10 bits per heavy atom. The molecule has 0 aliphatic carbocycles. The van der Waals surface area contributed by atoms with Crippen LogP contribution in [0.15, 0.2) is 29.2 Å². The molecule has 2 rings (SSSR count). The van der Waals surface area contributed by atoms with Crippen LogP contribution in [-0.4, -0.2) is 51.2 Å². The second kappa shape index (κ2) is 6.56. The van der Waals surface area contributed by atoms with Crippen molar-refractivity contribution >= 4 is 28.2 Å². The fraction of sp³-hybridized carbons (Fsp3) is 0.462. The normalized spacial score (nSPS) is 19.3. The molecule has 1 aromatic carbocycles. The van der Waals surface area contributed by atoms with E-state index in [0.717, 1.165) is 12.8 Å². The van der Waals surface area contributed by atoms with Crippen LogP contribution in [0.25, 0.3) is 0 Å². The lowest BCUT2D eigenvalue weighted by Crippen LogP contribution is -2.51. The lowest BCUT2D eigenvalue weighted by molar-refractivity contribution is 0.0709. The van der Waals surface area contributed by atoms with Gasteiger partial charge in [-0.3, -0.25) is 4.79 Å². The SMILES string of the molecule is C[C@@H]1CN(C(=O)c2cccc(S(C)(=O)=O)c2)CCN1.Cl. The molecule has 1 heterocycles. The van der Waals surface area contributed by atoms with Crippen LogP contribution in [0.5, 0.6) is 0 Å². The molecule has 0 unspecified atom stereocenters. The molecular formula is C13H19ClN2O3S. The fourth-order valence-electron chi connectivity index (χ4n) is 2.16. The number of carbonyl (C=O) groups is 1. The van der Waals surface area contributed by atoms with Gasteiger partial charge in [-0.1, -0.05) is 6.07 Å². The van der Waals surface area contributed by atoms with Crippen molar-refractivity contribution in [3.05, 3.63) is 29.8 Å². The minimum Gasteiger partial charge on any atom is -0.336 e. The number of sulfone groups is 1. The van der Waals surface area contributed by atoms with Crippen LogP contribution < -0.4 is 5.32 Å². The zero-order valence-corrected chi connectivity index (χ0v) is 13.1. The molecule has 1 atom stereocenters. The summed E-state index contributed by atoms with van der Waals surface area (Å²) in [6, 6.07) is 6.48. The van der Waals surface area contributed by atoms with Crippen molar-refractivity contribution in [2.75, 3.05) is 25.9 Å². The van der Waals surface area contributed by atoms with E-state index in [0.29, 0.717) is 18.7 Å². The number of piperazine rings is 1. The van der Waals surface area contributed by atoms with E-state index in [9.17, 15) is 13.2 Å². The molecule has 0 radical (unpaired) electrons. The van der Waals surface area contributed by atoms with Crippen molar-refractivity contribution in [1.29, 1.82) is 0 Å². The van der Waals surface area contributed by atoms with Crippen LogP contribution >= 0.6 is 12.4 Å². The Kier molecular flexibility index (Phi) is 5.56. The minimum absolute atomic E-state index is 0. The number of hydrogen-bond donors (Lipinski definition) is 1. The zero-order chi connectivity index (χ0) is 14.0. The van der Waals surface area contributed by atoms with Crippen molar-refractivity contribution < 1.29 is 13.2 Å². The van der Waals surface area contributed by atoms with E-state index in [-0.39, 0.29) is 29.3 Å². The van der Waals surface area contributed by atoms with E-state index in [2.05, 4.69) is 5.32 Å². The number of carbonyl (C=O) groups excluding carboxylic acids is 1. The summed E-state index contributed by atoms with van der Waals surface area (Å²) in [5, 5.41) is 3.26. The number of amides is 1. The van der Waals surface area contributed by atoms with Crippen LogP contribution in [0.2, 0.25) is 0 Å². The van der Waals surface area contributed by atoms with E-state index >= 15 is 0 Å². The molecular weight excluding hydrogens is 300 g/mol. The summed E-state index contributed by atoms with van der Waals surface area (Å²) >= 11 is 0. The number of nitrogens with zero attached hydrogens (tertiary/aromatic N) is 1. The molecule has 7 heteroatoms. The van der Waals surface area contributed by atoms with Crippen molar-refractivity contribution in [3.8, 4) is 0 Å². The van der Waals surface area contributed by atoms with Gasteiger partial charge in [0.25, 0.3) is 5.91 Å². The number of hydrogen-bond acceptors (Lipinski definition) is 4. The van der Waals surface area contributed by atoms with Crippen molar-refractivity contribution in [2.24, 2.45) is 0 Å². The second-order valence-electron chi connectivity index (χ2n) is 4.91. The summed E-state index contributed by atoms with van der Waals surface area (Å²) in [4.78, 5) is 14.3. The molecule has 1 aliphatic rings. The van der Waals surface area contributed by atoms with Gasteiger partial charge in [-0.25, -0.2) is 8.42 Å². The van der Waals surface area contributed by atoms with Crippen LogP contribution in [0, 0.1) is 0 Å². The number of benzene rings is 1.